The van der Waals surface area contributed by atoms with Gasteiger partial charge in [0.25, 0.3) is 5.91 Å². The maximum absolute atomic E-state index is 12.7. The number of hydrogen-bond acceptors (Lipinski definition) is 5. The highest BCUT2D eigenvalue weighted by Gasteiger charge is 2.17. The molecule has 3 amide bonds. The molecule has 0 saturated heterocycles. The molecule has 8 nitrogen and oxygen atoms in total. The summed E-state index contributed by atoms with van der Waals surface area (Å²) in [5.41, 5.74) is 2.17. The fourth-order valence-corrected chi connectivity index (χ4v) is 3.04. The number of ether oxygens (including phenoxy) is 2. The Kier molecular flexibility index (Phi) is 8.02. The van der Waals surface area contributed by atoms with E-state index in [4.69, 9.17) is 9.47 Å². The normalized spacial score (nSPS) is 10.1. The summed E-state index contributed by atoms with van der Waals surface area (Å²) in [7, 11) is 3.14. The van der Waals surface area contributed by atoms with Crippen LogP contribution in [0.25, 0.3) is 0 Å². The van der Waals surface area contributed by atoms with Crippen molar-refractivity contribution in [2.75, 3.05) is 19.5 Å². The summed E-state index contributed by atoms with van der Waals surface area (Å²) in [5, 5.41) is 7.88. The van der Waals surface area contributed by atoms with E-state index < -0.39 is 11.8 Å². The number of nitrogens with one attached hydrogen (secondary N) is 3. The van der Waals surface area contributed by atoms with E-state index in [0.29, 0.717) is 11.5 Å². The Morgan fingerprint density at radius 1 is 0.697 bits per heavy atom. The van der Waals surface area contributed by atoms with Gasteiger partial charge in [-0.05, 0) is 47.5 Å². The van der Waals surface area contributed by atoms with Gasteiger partial charge in [0, 0.05) is 13.1 Å². The van der Waals surface area contributed by atoms with Gasteiger partial charge in [0.05, 0.1) is 25.5 Å². The molecule has 3 aromatic carbocycles. The van der Waals surface area contributed by atoms with E-state index in [9.17, 15) is 14.4 Å². The lowest BCUT2D eigenvalue weighted by atomic mass is 10.1. The predicted octanol–water partition coefficient (Wildman–Crippen LogP) is 2.89. The Morgan fingerprint density at radius 2 is 1.39 bits per heavy atom. The molecule has 0 atom stereocenters. The highest BCUT2D eigenvalue weighted by molar-refractivity contribution is 6.40. The second kappa shape index (κ2) is 11.3. The molecule has 0 aliphatic heterocycles. The van der Waals surface area contributed by atoms with Crippen LogP contribution in [-0.4, -0.2) is 31.9 Å². The molecule has 8 heteroatoms. The molecular weight excluding hydrogens is 422 g/mol. The van der Waals surface area contributed by atoms with Crippen LogP contribution in [0, 0.1) is 0 Å². The Hall–Kier alpha value is -4.33. The summed E-state index contributed by atoms with van der Waals surface area (Å²) in [5.74, 6) is -0.666. The molecule has 0 aliphatic rings. The van der Waals surface area contributed by atoms with Gasteiger partial charge in [0.1, 0.15) is 11.5 Å². The van der Waals surface area contributed by atoms with Crippen molar-refractivity contribution in [1.82, 2.24) is 10.6 Å². The van der Waals surface area contributed by atoms with Crippen molar-refractivity contribution in [2.24, 2.45) is 0 Å². The van der Waals surface area contributed by atoms with Crippen molar-refractivity contribution in [1.29, 1.82) is 0 Å². The largest absolute Gasteiger partial charge is 0.497 e. The Bertz CT molecular complexity index is 1130. The SMILES string of the molecule is COc1ccc(CNC(=O)C(=O)Nc2ccccc2C(=O)NCc2cccc(OC)c2)cc1. The summed E-state index contributed by atoms with van der Waals surface area (Å²) in [6.45, 7) is 0.458. The molecule has 0 spiro atoms. The fourth-order valence-electron chi connectivity index (χ4n) is 3.04. The number of methoxy groups -OCH3 is 2. The number of rotatable bonds is 8. The second-order valence-electron chi connectivity index (χ2n) is 7.06. The zero-order chi connectivity index (χ0) is 23.6. The lowest BCUT2D eigenvalue weighted by Gasteiger charge is -2.12. The maximum Gasteiger partial charge on any atom is 0.313 e. The van der Waals surface area contributed by atoms with Gasteiger partial charge in [0.15, 0.2) is 0 Å². The highest BCUT2D eigenvalue weighted by atomic mass is 16.5. The van der Waals surface area contributed by atoms with Crippen molar-refractivity contribution in [3.8, 4) is 11.5 Å². The molecular formula is C25H25N3O5. The van der Waals surface area contributed by atoms with Gasteiger partial charge in [0.2, 0.25) is 0 Å². The van der Waals surface area contributed by atoms with Crippen molar-refractivity contribution in [3.05, 3.63) is 89.5 Å². The van der Waals surface area contributed by atoms with Crippen LogP contribution in [0.1, 0.15) is 21.5 Å². The van der Waals surface area contributed by atoms with Crippen LogP contribution < -0.4 is 25.4 Å². The molecule has 33 heavy (non-hydrogen) atoms. The number of carbonyl (C=O) groups is 3. The van der Waals surface area contributed by atoms with Crippen LogP contribution >= 0.6 is 0 Å². The van der Waals surface area contributed by atoms with Crippen molar-refractivity contribution >= 4 is 23.4 Å². The fraction of sp³-hybridized carbons (Fsp3) is 0.160. The van der Waals surface area contributed by atoms with Crippen LogP contribution in [0.2, 0.25) is 0 Å². The first-order valence-corrected chi connectivity index (χ1v) is 10.2. The summed E-state index contributed by atoms with van der Waals surface area (Å²) in [6.07, 6.45) is 0. The van der Waals surface area contributed by atoms with E-state index >= 15 is 0 Å². The average Bonchev–Trinajstić information content (AvgIpc) is 2.86. The van der Waals surface area contributed by atoms with Gasteiger partial charge in [-0.2, -0.15) is 0 Å². The summed E-state index contributed by atoms with van der Waals surface area (Å²) in [6, 6.07) is 20.9. The van der Waals surface area contributed by atoms with Crippen LogP contribution in [0.15, 0.2) is 72.8 Å². The minimum Gasteiger partial charge on any atom is -0.497 e. The van der Waals surface area contributed by atoms with Crippen LogP contribution in [-0.2, 0) is 22.7 Å². The molecule has 0 aromatic heterocycles. The number of carbonyl (C=O) groups excluding carboxylic acids is 3. The first kappa shape index (κ1) is 23.3. The van der Waals surface area contributed by atoms with Gasteiger partial charge in [-0.25, -0.2) is 0 Å². The molecule has 0 fully saturated rings. The van der Waals surface area contributed by atoms with Crippen molar-refractivity contribution in [2.45, 2.75) is 13.1 Å². The molecule has 0 unspecified atom stereocenters. The molecule has 0 bridgehead atoms. The van der Waals surface area contributed by atoms with Gasteiger partial charge in [-0.3, -0.25) is 14.4 Å². The smallest absolute Gasteiger partial charge is 0.313 e. The maximum atomic E-state index is 12.7. The number of para-hydroxylation sites is 1. The third kappa shape index (κ3) is 6.57. The number of hydrogen-bond donors (Lipinski definition) is 3. The summed E-state index contributed by atoms with van der Waals surface area (Å²) < 4.78 is 10.3. The van der Waals surface area contributed by atoms with Gasteiger partial charge < -0.3 is 25.4 Å². The molecule has 0 radical (unpaired) electrons. The monoisotopic (exact) mass is 447 g/mol. The predicted molar refractivity (Wildman–Crippen MR) is 124 cm³/mol. The van der Waals surface area contributed by atoms with Crippen LogP contribution in [0.3, 0.4) is 0 Å². The average molecular weight is 447 g/mol. The highest BCUT2D eigenvalue weighted by Crippen LogP contribution is 2.16. The zero-order valence-electron chi connectivity index (χ0n) is 18.4. The lowest BCUT2D eigenvalue weighted by molar-refractivity contribution is -0.136. The zero-order valence-corrected chi connectivity index (χ0v) is 18.4. The molecule has 3 N–H and O–H groups in total. The second-order valence-corrected chi connectivity index (χ2v) is 7.06. The van der Waals surface area contributed by atoms with Crippen LogP contribution in [0.5, 0.6) is 11.5 Å². The molecule has 3 aromatic rings. The molecule has 0 aliphatic carbocycles. The Balaban J connectivity index is 1.58. The molecule has 0 heterocycles. The van der Waals surface area contributed by atoms with E-state index in [-0.39, 0.29) is 30.2 Å². The minimum atomic E-state index is -0.864. The van der Waals surface area contributed by atoms with Crippen molar-refractivity contribution in [3.63, 3.8) is 0 Å². The summed E-state index contributed by atoms with van der Waals surface area (Å²) in [4.78, 5) is 37.3. The van der Waals surface area contributed by atoms with Gasteiger partial charge >= 0.3 is 11.8 Å². The lowest BCUT2D eigenvalue weighted by Crippen LogP contribution is -2.35. The number of amides is 3. The quantitative estimate of drug-likeness (QED) is 0.461. The topological polar surface area (TPSA) is 106 Å². The summed E-state index contributed by atoms with van der Waals surface area (Å²) >= 11 is 0. The van der Waals surface area contributed by atoms with E-state index in [2.05, 4.69) is 16.0 Å². The first-order valence-electron chi connectivity index (χ1n) is 10.2. The minimum absolute atomic E-state index is 0.179. The number of anilines is 1. The Morgan fingerprint density at radius 3 is 2.12 bits per heavy atom. The third-order valence-electron chi connectivity index (χ3n) is 4.83. The van der Waals surface area contributed by atoms with E-state index in [1.165, 1.54) is 0 Å². The Labute approximate surface area is 191 Å². The standard InChI is InChI=1S/C25H25N3O5/c1-32-19-12-10-17(11-13-19)15-27-24(30)25(31)28-22-9-4-3-8-21(22)23(29)26-16-18-6-5-7-20(14-18)33-2/h3-14H,15-16H2,1-2H3,(H,26,29)(H,27,30)(H,28,31). The molecule has 3 rings (SSSR count). The van der Waals surface area contributed by atoms with E-state index in [1.807, 2.05) is 24.3 Å². The van der Waals surface area contributed by atoms with Crippen LogP contribution in [0.4, 0.5) is 5.69 Å². The van der Waals surface area contributed by atoms with Gasteiger partial charge in [-0.15, -0.1) is 0 Å². The van der Waals surface area contributed by atoms with E-state index in [1.54, 1.807) is 62.8 Å². The van der Waals surface area contributed by atoms with Gasteiger partial charge in [-0.1, -0.05) is 36.4 Å². The first-order chi connectivity index (χ1) is 16.0. The van der Waals surface area contributed by atoms with Crippen molar-refractivity contribution < 1.29 is 23.9 Å². The number of benzene rings is 3. The molecule has 0 saturated carbocycles. The molecule has 170 valence electrons. The third-order valence-corrected chi connectivity index (χ3v) is 4.83. The van der Waals surface area contributed by atoms with E-state index in [0.717, 1.165) is 11.1 Å².